The van der Waals surface area contributed by atoms with Crippen LogP contribution in [0.1, 0.15) is 26.4 Å². The summed E-state index contributed by atoms with van der Waals surface area (Å²) in [6.45, 7) is 0. The van der Waals surface area contributed by atoms with Crippen molar-refractivity contribution >= 4 is 18.0 Å². The molecule has 0 saturated carbocycles. The summed E-state index contributed by atoms with van der Waals surface area (Å²) in [5.41, 5.74) is 1.32. The molecule has 1 aromatic carbocycles. The maximum Gasteiger partial charge on any atom is 0.294 e. The van der Waals surface area contributed by atoms with E-state index in [0.29, 0.717) is 16.8 Å². The van der Waals surface area contributed by atoms with Crippen LogP contribution >= 0.6 is 0 Å². The minimum Gasteiger partial charge on any atom is -0.369 e. The van der Waals surface area contributed by atoms with Crippen LogP contribution in [0, 0.1) is 0 Å². The number of nitrogens with one attached hydrogen (secondary N) is 1. The minimum atomic E-state index is -0.411. The van der Waals surface area contributed by atoms with Gasteiger partial charge in [-0.2, -0.15) is 4.99 Å². The maximum absolute atomic E-state index is 12.2. The lowest BCUT2D eigenvalue weighted by molar-refractivity contribution is 0.0998. The van der Waals surface area contributed by atoms with Gasteiger partial charge < -0.3 is 9.88 Å². The van der Waals surface area contributed by atoms with Crippen LogP contribution in [-0.2, 0) is 0 Å². The van der Waals surface area contributed by atoms with Gasteiger partial charge in [0.2, 0.25) is 0 Å². The number of aromatic nitrogens is 1. The van der Waals surface area contributed by atoms with Crippen LogP contribution in [-0.4, -0.2) is 42.0 Å². The number of benzene rings is 1. The van der Waals surface area contributed by atoms with Gasteiger partial charge in [-0.25, -0.2) is 0 Å². The highest BCUT2D eigenvalue weighted by Gasteiger charge is 2.13. The molecule has 2 aromatic rings. The minimum absolute atomic E-state index is 0.127. The molecule has 0 aliphatic carbocycles. The van der Waals surface area contributed by atoms with Crippen molar-refractivity contribution in [1.82, 2.24) is 9.88 Å². The zero-order valence-electron chi connectivity index (χ0n) is 11.3. The normalized spacial score (nSPS) is 10.7. The summed E-state index contributed by atoms with van der Waals surface area (Å²) in [6, 6.07) is 10.4. The summed E-state index contributed by atoms with van der Waals surface area (Å²) < 4.78 is 0. The van der Waals surface area contributed by atoms with Gasteiger partial charge in [0.05, 0.1) is 6.34 Å². The molecule has 1 aromatic heterocycles. The van der Waals surface area contributed by atoms with Crippen LogP contribution in [0.4, 0.5) is 0 Å². The third-order valence-electron chi connectivity index (χ3n) is 2.62. The molecule has 0 bridgehead atoms. The standard InChI is InChI=1S/C15H15N3O2/c1-18(2)10-17-15(20)13-8-12(9-16-13)14(19)11-6-4-3-5-7-11/h3-10,16H,1-2H3. The Balaban J connectivity index is 2.17. The molecule has 1 heterocycles. The lowest BCUT2D eigenvalue weighted by Crippen LogP contribution is -2.09. The molecule has 0 radical (unpaired) electrons. The first kappa shape index (κ1) is 13.7. The molecule has 5 heteroatoms. The number of aliphatic imine (C=N–C) groups is 1. The van der Waals surface area contributed by atoms with Crippen LogP contribution in [0.3, 0.4) is 0 Å². The van der Waals surface area contributed by atoms with Crippen molar-refractivity contribution in [2.75, 3.05) is 14.1 Å². The van der Waals surface area contributed by atoms with E-state index in [-0.39, 0.29) is 5.78 Å². The van der Waals surface area contributed by atoms with Crippen LogP contribution in [0.2, 0.25) is 0 Å². The third kappa shape index (κ3) is 3.20. The molecule has 1 amide bonds. The van der Waals surface area contributed by atoms with E-state index in [1.54, 1.807) is 43.3 Å². The molecule has 102 valence electrons. The smallest absolute Gasteiger partial charge is 0.294 e. The number of ketones is 1. The SMILES string of the molecule is CN(C)C=NC(=O)c1cc(C(=O)c2ccccc2)c[nH]1. The van der Waals surface area contributed by atoms with Crippen LogP contribution in [0.15, 0.2) is 47.6 Å². The summed E-state index contributed by atoms with van der Waals surface area (Å²) >= 11 is 0. The lowest BCUT2D eigenvalue weighted by atomic mass is 10.1. The molecule has 0 aliphatic rings. The fourth-order valence-electron chi connectivity index (χ4n) is 1.64. The lowest BCUT2D eigenvalue weighted by Gasteiger charge is -2.00. The maximum atomic E-state index is 12.2. The van der Waals surface area contributed by atoms with Crippen molar-refractivity contribution in [2.45, 2.75) is 0 Å². The van der Waals surface area contributed by atoms with E-state index in [0.717, 1.165) is 0 Å². The summed E-state index contributed by atoms with van der Waals surface area (Å²) in [5, 5.41) is 0. The van der Waals surface area contributed by atoms with Gasteiger partial charge in [-0.15, -0.1) is 0 Å². The topological polar surface area (TPSA) is 65.5 Å². The van der Waals surface area contributed by atoms with Crippen molar-refractivity contribution in [1.29, 1.82) is 0 Å². The number of hydrogen-bond acceptors (Lipinski definition) is 2. The van der Waals surface area contributed by atoms with E-state index in [4.69, 9.17) is 0 Å². The van der Waals surface area contributed by atoms with Crippen LogP contribution < -0.4 is 0 Å². The highest BCUT2D eigenvalue weighted by Crippen LogP contribution is 2.11. The number of nitrogens with zero attached hydrogens (tertiary/aromatic N) is 2. The predicted molar refractivity (Wildman–Crippen MR) is 77.2 cm³/mol. The second-order valence-corrected chi connectivity index (χ2v) is 4.51. The molecule has 0 spiro atoms. The Hall–Kier alpha value is -2.69. The monoisotopic (exact) mass is 269 g/mol. The molecule has 0 atom stereocenters. The van der Waals surface area contributed by atoms with Crippen molar-refractivity contribution in [2.24, 2.45) is 4.99 Å². The number of carbonyl (C=O) groups excluding carboxylic acids is 2. The molecule has 0 saturated heterocycles. The number of rotatable bonds is 4. The van der Waals surface area contributed by atoms with Gasteiger partial charge in [-0.1, -0.05) is 30.3 Å². The van der Waals surface area contributed by atoms with Gasteiger partial charge in [0.25, 0.3) is 5.91 Å². The summed E-state index contributed by atoms with van der Waals surface area (Å²) in [4.78, 5) is 32.1. The molecule has 5 nitrogen and oxygen atoms in total. The molecule has 0 unspecified atom stereocenters. The molecule has 2 rings (SSSR count). The summed E-state index contributed by atoms with van der Waals surface area (Å²) in [7, 11) is 3.55. The highest BCUT2D eigenvalue weighted by atomic mass is 16.1. The zero-order chi connectivity index (χ0) is 14.5. The van der Waals surface area contributed by atoms with Crippen molar-refractivity contribution in [3.05, 3.63) is 59.4 Å². The van der Waals surface area contributed by atoms with E-state index >= 15 is 0 Å². The average Bonchev–Trinajstić information content (AvgIpc) is 2.94. The van der Waals surface area contributed by atoms with Gasteiger partial charge >= 0.3 is 0 Å². The number of aromatic amines is 1. The fourth-order valence-corrected chi connectivity index (χ4v) is 1.64. The number of carbonyl (C=O) groups is 2. The van der Waals surface area contributed by atoms with Crippen molar-refractivity contribution < 1.29 is 9.59 Å². The first-order valence-corrected chi connectivity index (χ1v) is 6.11. The second kappa shape index (κ2) is 5.97. The Kier molecular flexibility index (Phi) is 4.10. The number of hydrogen-bond donors (Lipinski definition) is 1. The predicted octanol–water partition coefficient (Wildman–Crippen LogP) is 1.98. The largest absolute Gasteiger partial charge is 0.369 e. The molecule has 20 heavy (non-hydrogen) atoms. The molecule has 0 fully saturated rings. The molecular weight excluding hydrogens is 254 g/mol. The first-order valence-electron chi connectivity index (χ1n) is 6.11. The quantitative estimate of drug-likeness (QED) is 0.524. The highest BCUT2D eigenvalue weighted by molar-refractivity contribution is 6.10. The van der Waals surface area contributed by atoms with Crippen LogP contribution in [0.25, 0.3) is 0 Å². The Labute approximate surface area is 117 Å². The Morgan fingerprint density at radius 3 is 2.50 bits per heavy atom. The van der Waals surface area contributed by atoms with Gasteiger partial charge in [0.15, 0.2) is 5.78 Å². The van der Waals surface area contributed by atoms with E-state index in [1.165, 1.54) is 18.6 Å². The first-order chi connectivity index (χ1) is 9.58. The molecular formula is C15H15N3O2. The van der Waals surface area contributed by atoms with E-state index in [9.17, 15) is 9.59 Å². The Bertz CT molecular complexity index is 642. The fraction of sp³-hybridized carbons (Fsp3) is 0.133. The van der Waals surface area contributed by atoms with E-state index < -0.39 is 5.91 Å². The van der Waals surface area contributed by atoms with Gasteiger partial charge in [0.1, 0.15) is 5.69 Å². The van der Waals surface area contributed by atoms with Crippen LogP contribution in [0.5, 0.6) is 0 Å². The summed E-state index contributed by atoms with van der Waals surface area (Å²) in [6.07, 6.45) is 2.94. The Morgan fingerprint density at radius 2 is 1.85 bits per heavy atom. The van der Waals surface area contributed by atoms with Gasteiger partial charge in [-0.05, 0) is 6.07 Å². The number of amides is 1. The van der Waals surface area contributed by atoms with E-state index in [1.807, 2.05) is 6.07 Å². The van der Waals surface area contributed by atoms with Gasteiger partial charge in [0, 0.05) is 31.4 Å². The second-order valence-electron chi connectivity index (χ2n) is 4.51. The number of H-pyrrole nitrogens is 1. The van der Waals surface area contributed by atoms with E-state index in [2.05, 4.69) is 9.98 Å². The van der Waals surface area contributed by atoms with Gasteiger partial charge in [-0.3, -0.25) is 9.59 Å². The third-order valence-corrected chi connectivity index (χ3v) is 2.62. The average molecular weight is 269 g/mol. The van der Waals surface area contributed by atoms with Crippen molar-refractivity contribution in [3.63, 3.8) is 0 Å². The van der Waals surface area contributed by atoms with Crippen molar-refractivity contribution in [3.8, 4) is 0 Å². The molecule has 1 N–H and O–H groups in total. The summed E-state index contributed by atoms with van der Waals surface area (Å²) in [5.74, 6) is -0.539. The Morgan fingerprint density at radius 1 is 1.15 bits per heavy atom. The zero-order valence-corrected chi connectivity index (χ0v) is 11.3. The molecule has 0 aliphatic heterocycles.